The molecule has 138 valence electrons. The zero-order valence-electron chi connectivity index (χ0n) is 15.2. The van der Waals surface area contributed by atoms with Crippen LogP contribution < -0.4 is 5.32 Å². The molecule has 1 spiro atoms. The molecule has 6 nitrogen and oxygen atoms in total. The standard InChI is InChI=1S/C19H30N4O2/c1-15-3-4-18(22-21-15)20-17-11-19(25-13-17)7-2-8-23(14-19)12-16-5-9-24-10-6-16/h3-4,16-17H,2,5-14H2,1H3,(H,20,22)/t17-,19-/m1/s1. The number of aryl methyl sites for hydroxylation is 1. The lowest BCUT2D eigenvalue weighted by atomic mass is 9.87. The number of rotatable bonds is 4. The Balaban J connectivity index is 1.31. The van der Waals surface area contributed by atoms with Crippen LogP contribution in [-0.2, 0) is 9.47 Å². The molecule has 0 radical (unpaired) electrons. The normalized spacial score (nSPS) is 31.5. The lowest BCUT2D eigenvalue weighted by molar-refractivity contribution is -0.0580. The Morgan fingerprint density at radius 3 is 2.96 bits per heavy atom. The molecule has 2 atom stereocenters. The average Bonchev–Trinajstić information content (AvgIpc) is 3.00. The van der Waals surface area contributed by atoms with Gasteiger partial charge in [0.15, 0.2) is 0 Å². The molecule has 0 aliphatic carbocycles. The highest BCUT2D eigenvalue weighted by atomic mass is 16.5. The first kappa shape index (κ1) is 17.2. The van der Waals surface area contributed by atoms with Crippen LogP contribution in [-0.4, -0.2) is 66.2 Å². The molecule has 0 saturated carbocycles. The minimum Gasteiger partial charge on any atom is -0.381 e. The molecule has 3 aliphatic rings. The fourth-order valence-electron chi connectivity index (χ4n) is 4.55. The van der Waals surface area contributed by atoms with E-state index < -0.39 is 0 Å². The van der Waals surface area contributed by atoms with Crippen LogP contribution in [0.15, 0.2) is 12.1 Å². The van der Waals surface area contributed by atoms with Crippen molar-refractivity contribution in [1.82, 2.24) is 15.1 Å². The van der Waals surface area contributed by atoms with Crippen LogP contribution in [0, 0.1) is 12.8 Å². The van der Waals surface area contributed by atoms with E-state index in [2.05, 4.69) is 20.4 Å². The number of hydrogen-bond acceptors (Lipinski definition) is 6. The summed E-state index contributed by atoms with van der Waals surface area (Å²) in [5, 5.41) is 11.9. The SMILES string of the molecule is Cc1ccc(N[C@H]2CO[C@]3(CCCN(CC4CCOCC4)C3)C2)nn1. The fraction of sp³-hybridized carbons (Fsp3) is 0.789. The first-order valence-corrected chi connectivity index (χ1v) is 9.72. The zero-order chi connectivity index (χ0) is 17.1. The van der Waals surface area contributed by atoms with Crippen LogP contribution in [0.4, 0.5) is 5.82 Å². The van der Waals surface area contributed by atoms with E-state index in [9.17, 15) is 0 Å². The van der Waals surface area contributed by atoms with Gasteiger partial charge in [0.2, 0.25) is 0 Å². The first-order chi connectivity index (χ1) is 12.2. The molecule has 4 rings (SSSR count). The Bertz CT molecular complexity index is 561. The van der Waals surface area contributed by atoms with Crippen molar-refractivity contribution in [2.24, 2.45) is 5.92 Å². The highest BCUT2D eigenvalue weighted by Gasteiger charge is 2.43. The molecular formula is C19H30N4O2. The highest BCUT2D eigenvalue weighted by molar-refractivity contribution is 5.34. The van der Waals surface area contributed by atoms with Gasteiger partial charge >= 0.3 is 0 Å². The van der Waals surface area contributed by atoms with Crippen molar-refractivity contribution in [3.63, 3.8) is 0 Å². The van der Waals surface area contributed by atoms with E-state index in [0.717, 1.165) is 50.2 Å². The molecule has 25 heavy (non-hydrogen) atoms. The van der Waals surface area contributed by atoms with Gasteiger partial charge in [0.25, 0.3) is 0 Å². The Morgan fingerprint density at radius 1 is 1.28 bits per heavy atom. The van der Waals surface area contributed by atoms with Gasteiger partial charge < -0.3 is 19.7 Å². The van der Waals surface area contributed by atoms with Gasteiger partial charge in [0.1, 0.15) is 5.82 Å². The van der Waals surface area contributed by atoms with Crippen molar-refractivity contribution in [1.29, 1.82) is 0 Å². The van der Waals surface area contributed by atoms with Gasteiger partial charge in [-0.05, 0) is 57.2 Å². The quantitative estimate of drug-likeness (QED) is 0.902. The van der Waals surface area contributed by atoms with E-state index in [1.54, 1.807) is 0 Å². The number of ether oxygens (including phenoxy) is 2. The number of piperidine rings is 1. The van der Waals surface area contributed by atoms with Gasteiger partial charge in [-0.3, -0.25) is 0 Å². The Hall–Kier alpha value is -1.24. The van der Waals surface area contributed by atoms with E-state index in [1.165, 1.54) is 38.8 Å². The fourth-order valence-corrected chi connectivity index (χ4v) is 4.55. The number of aromatic nitrogens is 2. The predicted molar refractivity (Wildman–Crippen MR) is 96.7 cm³/mol. The summed E-state index contributed by atoms with van der Waals surface area (Å²) in [7, 11) is 0. The second-order valence-electron chi connectivity index (χ2n) is 7.99. The molecule has 4 heterocycles. The molecule has 0 bridgehead atoms. The van der Waals surface area contributed by atoms with Gasteiger partial charge in [0, 0.05) is 32.7 Å². The largest absolute Gasteiger partial charge is 0.381 e. The summed E-state index contributed by atoms with van der Waals surface area (Å²) in [4.78, 5) is 2.63. The number of likely N-dealkylation sites (tertiary alicyclic amines) is 1. The second-order valence-corrected chi connectivity index (χ2v) is 7.99. The summed E-state index contributed by atoms with van der Waals surface area (Å²) >= 11 is 0. The van der Waals surface area contributed by atoms with E-state index in [0.29, 0.717) is 6.04 Å². The third-order valence-electron chi connectivity index (χ3n) is 5.83. The Morgan fingerprint density at radius 2 is 2.16 bits per heavy atom. The van der Waals surface area contributed by atoms with E-state index >= 15 is 0 Å². The first-order valence-electron chi connectivity index (χ1n) is 9.72. The minimum absolute atomic E-state index is 0.0270. The highest BCUT2D eigenvalue weighted by Crippen LogP contribution is 2.36. The van der Waals surface area contributed by atoms with Crippen molar-refractivity contribution in [3.8, 4) is 0 Å². The number of nitrogens with zero attached hydrogens (tertiary/aromatic N) is 3. The van der Waals surface area contributed by atoms with Crippen molar-refractivity contribution < 1.29 is 9.47 Å². The molecule has 3 saturated heterocycles. The van der Waals surface area contributed by atoms with Gasteiger partial charge in [-0.15, -0.1) is 5.10 Å². The van der Waals surface area contributed by atoms with Crippen LogP contribution in [0.5, 0.6) is 0 Å². The van der Waals surface area contributed by atoms with E-state index in [1.807, 2.05) is 19.1 Å². The molecule has 0 unspecified atom stereocenters. The Kier molecular flexibility index (Phi) is 5.20. The molecule has 1 aromatic rings. The van der Waals surface area contributed by atoms with Gasteiger partial charge in [-0.1, -0.05) is 0 Å². The topological polar surface area (TPSA) is 59.5 Å². The molecule has 3 aliphatic heterocycles. The van der Waals surface area contributed by atoms with Crippen molar-refractivity contribution in [3.05, 3.63) is 17.8 Å². The van der Waals surface area contributed by atoms with Gasteiger partial charge in [-0.25, -0.2) is 0 Å². The van der Waals surface area contributed by atoms with Crippen molar-refractivity contribution in [2.45, 2.75) is 50.7 Å². The van der Waals surface area contributed by atoms with Gasteiger partial charge in [0.05, 0.1) is 23.9 Å². The van der Waals surface area contributed by atoms with E-state index in [4.69, 9.17) is 9.47 Å². The minimum atomic E-state index is 0.0270. The monoisotopic (exact) mass is 346 g/mol. The second kappa shape index (κ2) is 7.56. The Labute approximate surface area is 150 Å². The number of anilines is 1. The molecule has 1 aromatic heterocycles. The van der Waals surface area contributed by atoms with Gasteiger partial charge in [-0.2, -0.15) is 5.10 Å². The van der Waals surface area contributed by atoms with Crippen LogP contribution >= 0.6 is 0 Å². The summed E-state index contributed by atoms with van der Waals surface area (Å²) < 4.78 is 11.8. The third-order valence-corrected chi connectivity index (χ3v) is 5.83. The summed E-state index contributed by atoms with van der Waals surface area (Å²) in [5.41, 5.74) is 0.972. The maximum absolute atomic E-state index is 6.33. The molecule has 6 heteroatoms. The van der Waals surface area contributed by atoms with Crippen LogP contribution in [0.2, 0.25) is 0 Å². The number of hydrogen-bond donors (Lipinski definition) is 1. The molecular weight excluding hydrogens is 316 g/mol. The smallest absolute Gasteiger partial charge is 0.148 e. The van der Waals surface area contributed by atoms with Crippen molar-refractivity contribution >= 4 is 5.82 Å². The lowest BCUT2D eigenvalue weighted by Gasteiger charge is -2.41. The van der Waals surface area contributed by atoms with E-state index in [-0.39, 0.29) is 5.60 Å². The lowest BCUT2D eigenvalue weighted by Crippen LogP contribution is -2.49. The third kappa shape index (κ3) is 4.30. The maximum atomic E-state index is 6.33. The molecule has 0 amide bonds. The van der Waals surface area contributed by atoms with Crippen LogP contribution in [0.1, 0.15) is 37.8 Å². The zero-order valence-corrected chi connectivity index (χ0v) is 15.2. The number of nitrogens with one attached hydrogen (secondary N) is 1. The summed E-state index contributed by atoms with van der Waals surface area (Å²) in [6.07, 6.45) is 5.89. The predicted octanol–water partition coefficient (Wildman–Crippen LogP) is 2.25. The summed E-state index contributed by atoms with van der Waals surface area (Å²) in [6, 6.07) is 4.34. The molecule has 0 aromatic carbocycles. The molecule has 1 N–H and O–H groups in total. The van der Waals surface area contributed by atoms with Crippen molar-refractivity contribution in [2.75, 3.05) is 44.8 Å². The molecule has 3 fully saturated rings. The van der Waals surface area contributed by atoms with Crippen LogP contribution in [0.25, 0.3) is 0 Å². The van der Waals surface area contributed by atoms with Crippen LogP contribution in [0.3, 0.4) is 0 Å². The summed E-state index contributed by atoms with van der Waals surface area (Å²) in [6.45, 7) is 8.08. The average molecular weight is 346 g/mol. The maximum Gasteiger partial charge on any atom is 0.148 e. The summed E-state index contributed by atoms with van der Waals surface area (Å²) in [5.74, 6) is 1.65.